The van der Waals surface area contributed by atoms with Gasteiger partial charge in [-0.15, -0.1) is 0 Å². The molecule has 23 heavy (non-hydrogen) atoms. The molecule has 1 aromatic heterocycles. The van der Waals surface area contributed by atoms with E-state index in [4.69, 9.17) is 0 Å². The zero-order valence-corrected chi connectivity index (χ0v) is 13.0. The summed E-state index contributed by atoms with van der Waals surface area (Å²) in [7, 11) is 0. The summed E-state index contributed by atoms with van der Waals surface area (Å²) in [5.74, 6) is 0.708. The second kappa shape index (κ2) is 5.52. The van der Waals surface area contributed by atoms with Crippen LogP contribution in [0.1, 0.15) is 24.4 Å². The van der Waals surface area contributed by atoms with Crippen LogP contribution in [-0.4, -0.2) is 14.7 Å². The Labute approximate surface area is 134 Å². The number of hydrogen-bond acceptors (Lipinski definition) is 2. The molecule has 0 spiro atoms. The fourth-order valence-corrected chi connectivity index (χ4v) is 3.10. The highest BCUT2D eigenvalue weighted by atomic mass is 16.3. The van der Waals surface area contributed by atoms with Crippen molar-refractivity contribution in [3.05, 3.63) is 78.1 Å². The van der Waals surface area contributed by atoms with E-state index in [2.05, 4.69) is 58.1 Å². The number of aliphatic hydroxyl groups excluding tert-OH is 1. The molecule has 114 valence electrons. The predicted molar refractivity (Wildman–Crippen MR) is 93.4 cm³/mol. The average molecular weight is 302 g/mol. The molecule has 0 fully saturated rings. The van der Waals surface area contributed by atoms with Gasteiger partial charge >= 0.3 is 0 Å². The van der Waals surface area contributed by atoms with Crippen LogP contribution in [0.2, 0.25) is 0 Å². The van der Waals surface area contributed by atoms with Crippen LogP contribution in [0.15, 0.2) is 66.7 Å². The van der Waals surface area contributed by atoms with Crippen LogP contribution in [-0.2, 0) is 6.54 Å². The zero-order valence-electron chi connectivity index (χ0n) is 13.0. The molecule has 1 N–H and O–H groups in total. The Kier molecular flexibility index (Phi) is 3.36. The normalized spacial score (nSPS) is 12.8. The lowest BCUT2D eigenvalue weighted by Crippen LogP contribution is -2.07. The van der Waals surface area contributed by atoms with Crippen LogP contribution in [0.25, 0.3) is 21.8 Å². The fraction of sp³-hybridized carbons (Fsp3) is 0.150. The summed E-state index contributed by atoms with van der Waals surface area (Å²) < 4.78 is 2.10. The van der Waals surface area contributed by atoms with E-state index in [0.29, 0.717) is 12.4 Å². The van der Waals surface area contributed by atoms with Gasteiger partial charge in [-0.25, -0.2) is 4.98 Å². The second-order valence-corrected chi connectivity index (χ2v) is 5.90. The second-order valence-electron chi connectivity index (χ2n) is 5.90. The molecule has 0 aliphatic rings. The van der Waals surface area contributed by atoms with Gasteiger partial charge in [0, 0.05) is 6.54 Å². The molecule has 0 saturated carbocycles. The van der Waals surface area contributed by atoms with E-state index in [1.54, 1.807) is 6.92 Å². The third-order valence-electron chi connectivity index (χ3n) is 4.21. The molecular formula is C20H18N2O. The minimum atomic E-state index is -0.595. The Morgan fingerprint density at radius 1 is 0.957 bits per heavy atom. The van der Waals surface area contributed by atoms with Gasteiger partial charge in [-0.2, -0.15) is 0 Å². The van der Waals surface area contributed by atoms with Crippen LogP contribution < -0.4 is 0 Å². The summed E-state index contributed by atoms with van der Waals surface area (Å²) in [5, 5.41) is 12.5. The van der Waals surface area contributed by atoms with Crippen molar-refractivity contribution in [1.29, 1.82) is 0 Å². The quantitative estimate of drug-likeness (QED) is 0.613. The van der Waals surface area contributed by atoms with E-state index >= 15 is 0 Å². The first-order valence-electron chi connectivity index (χ1n) is 7.83. The lowest BCUT2D eigenvalue weighted by molar-refractivity contribution is 0.185. The Bertz CT molecular complexity index is 985. The van der Waals surface area contributed by atoms with Crippen molar-refractivity contribution in [1.82, 2.24) is 9.55 Å². The number of imidazole rings is 1. The highest BCUT2D eigenvalue weighted by Crippen LogP contribution is 2.23. The third-order valence-corrected chi connectivity index (χ3v) is 4.21. The van der Waals surface area contributed by atoms with Gasteiger partial charge in [0.1, 0.15) is 11.9 Å². The molecule has 0 saturated heterocycles. The lowest BCUT2D eigenvalue weighted by atomic mass is 10.1. The van der Waals surface area contributed by atoms with Crippen LogP contribution in [0.5, 0.6) is 0 Å². The predicted octanol–water partition coefficient (Wildman–Crippen LogP) is 4.29. The van der Waals surface area contributed by atoms with Crippen molar-refractivity contribution in [2.45, 2.75) is 19.6 Å². The first-order valence-corrected chi connectivity index (χ1v) is 7.83. The zero-order chi connectivity index (χ0) is 15.8. The molecule has 0 unspecified atom stereocenters. The summed E-state index contributed by atoms with van der Waals surface area (Å²) in [4.78, 5) is 4.58. The Balaban J connectivity index is 1.83. The highest BCUT2D eigenvalue weighted by molar-refractivity contribution is 5.83. The van der Waals surface area contributed by atoms with Gasteiger partial charge in [-0.05, 0) is 41.5 Å². The van der Waals surface area contributed by atoms with Gasteiger partial charge in [-0.3, -0.25) is 0 Å². The van der Waals surface area contributed by atoms with E-state index in [1.807, 2.05) is 18.2 Å². The van der Waals surface area contributed by atoms with Crippen molar-refractivity contribution in [2.24, 2.45) is 0 Å². The maximum absolute atomic E-state index is 10.1. The Morgan fingerprint density at radius 2 is 1.70 bits per heavy atom. The van der Waals surface area contributed by atoms with Gasteiger partial charge in [0.15, 0.2) is 0 Å². The van der Waals surface area contributed by atoms with Crippen molar-refractivity contribution in [3.63, 3.8) is 0 Å². The van der Waals surface area contributed by atoms with E-state index in [-0.39, 0.29) is 0 Å². The molecule has 0 bridgehead atoms. The van der Waals surface area contributed by atoms with Crippen LogP contribution in [0, 0.1) is 0 Å². The molecule has 4 aromatic rings. The first-order chi connectivity index (χ1) is 11.2. The molecular weight excluding hydrogens is 284 g/mol. The van der Waals surface area contributed by atoms with Crippen molar-refractivity contribution >= 4 is 21.8 Å². The average Bonchev–Trinajstić information content (AvgIpc) is 2.94. The van der Waals surface area contributed by atoms with Gasteiger partial charge < -0.3 is 9.67 Å². The van der Waals surface area contributed by atoms with E-state index in [0.717, 1.165) is 11.0 Å². The number of rotatable bonds is 3. The number of hydrogen-bond donors (Lipinski definition) is 1. The largest absolute Gasteiger partial charge is 0.385 e. The number of benzene rings is 3. The first kappa shape index (κ1) is 14.0. The van der Waals surface area contributed by atoms with Gasteiger partial charge in [0.25, 0.3) is 0 Å². The number of aromatic nitrogens is 2. The summed E-state index contributed by atoms with van der Waals surface area (Å²) in [6, 6.07) is 22.9. The van der Waals surface area contributed by atoms with Crippen molar-refractivity contribution < 1.29 is 5.11 Å². The van der Waals surface area contributed by atoms with Crippen LogP contribution in [0.4, 0.5) is 0 Å². The molecule has 1 heterocycles. The molecule has 3 heteroatoms. The SMILES string of the molecule is C[C@H](O)c1nc2ccccc2n1Cc1ccc2ccccc2c1. The lowest BCUT2D eigenvalue weighted by Gasteiger charge is -2.12. The molecule has 0 radical (unpaired) electrons. The molecule has 0 aliphatic carbocycles. The summed E-state index contributed by atoms with van der Waals surface area (Å²) in [6.45, 7) is 2.46. The minimum absolute atomic E-state index is 0.595. The van der Waals surface area contributed by atoms with Gasteiger partial charge in [-0.1, -0.05) is 48.5 Å². The maximum atomic E-state index is 10.1. The van der Waals surface area contributed by atoms with E-state index in [9.17, 15) is 5.11 Å². The molecule has 1 atom stereocenters. The summed E-state index contributed by atoms with van der Waals surface area (Å²) in [5.41, 5.74) is 3.18. The topological polar surface area (TPSA) is 38.1 Å². The van der Waals surface area contributed by atoms with Crippen molar-refractivity contribution in [2.75, 3.05) is 0 Å². The Hall–Kier alpha value is -2.65. The minimum Gasteiger partial charge on any atom is -0.385 e. The van der Waals surface area contributed by atoms with Gasteiger partial charge in [0.2, 0.25) is 0 Å². The van der Waals surface area contributed by atoms with Crippen molar-refractivity contribution in [3.8, 4) is 0 Å². The summed E-state index contributed by atoms with van der Waals surface area (Å²) >= 11 is 0. The van der Waals surface area contributed by atoms with Gasteiger partial charge in [0.05, 0.1) is 11.0 Å². The number of para-hydroxylation sites is 2. The molecule has 3 nitrogen and oxygen atoms in total. The van der Waals surface area contributed by atoms with Crippen LogP contribution in [0.3, 0.4) is 0 Å². The van der Waals surface area contributed by atoms with Crippen LogP contribution >= 0.6 is 0 Å². The molecule has 3 aromatic carbocycles. The van der Waals surface area contributed by atoms with E-state index in [1.165, 1.54) is 16.3 Å². The third kappa shape index (κ3) is 2.49. The molecule has 0 amide bonds. The highest BCUT2D eigenvalue weighted by Gasteiger charge is 2.14. The smallest absolute Gasteiger partial charge is 0.138 e. The molecule has 0 aliphatic heterocycles. The molecule has 4 rings (SSSR count). The maximum Gasteiger partial charge on any atom is 0.138 e. The number of aliphatic hydroxyl groups is 1. The number of fused-ring (bicyclic) bond motifs is 2. The Morgan fingerprint density at radius 3 is 2.52 bits per heavy atom. The summed E-state index contributed by atoms with van der Waals surface area (Å²) in [6.07, 6.45) is -0.595. The standard InChI is InChI=1S/C20H18N2O/c1-14(23)20-21-18-8-4-5-9-19(18)22(20)13-15-10-11-16-6-2-3-7-17(16)12-15/h2-12,14,23H,13H2,1H3/t14-/m0/s1. The fourth-order valence-electron chi connectivity index (χ4n) is 3.10. The van der Waals surface area contributed by atoms with E-state index < -0.39 is 6.10 Å². The number of nitrogens with zero attached hydrogens (tertiary/aromatic N) is 2. The monoisotopic (exact) mass is 302 g/mol.